The van der Waals surface area contributed by atoms with Gasteiger partial charge in [-0.25, -0.2) is 4.79 Å². The third kappa shape index (κ3) is 3.07. The van der Waals surface area contributed by atoms with Crippen molar-refractivity contribution in [3.05, 3.63) is 0 Å². The first-order valence-corrected chi connectivity index (χ1v) is 7.34. The SMILES string of the molecule is C[C@@H]1CCC[C@H](C)N1C(=O)NC(C)(C)C(C)(C)C(=O)O. The number of hydrogen-bond acceptors (Lipinski definition) is 2. The van der Waals surface area contributed by atoms with Crippen LogP contribution in [0.1, 0.15) is 60.8 Å². The summed E-state index contributed by atoms with van der Waals surface area (Å²) in [5, 5.41) is 12.3. The monoisotopic (exact) mass is 284 g/mol. The van der Waals surface area contributed by atoms with Crippen LogP contribution in [0.5, 0.6) is 0 Å². The van der Waals surface area contributed by atoms with Crippen molar-refractivity contribution in [2.75, 3.05) is 0 Å². The standard InChI is InChI=1S/C15H28N2O3/c1-10-8-7-9-11(2)17(10)13(20)16-15(5,6)14(3,4)12(18)19/h10-11H,7-9H2,1-6H3,(H,16,20)(H,18,19)/t10-,11+. The Balaban J connectivity index is 2.86. The molecule has 1 rings (SSSR count). The fourth-order valence-corrected chi connectivity index (χ4v) is 2.58. The second-order valence-electron chi connectivity index (χ2n) is 7.02. The fraction of sp³-hybridized carbons (Fsp3) is 0.867. The van der Waals surface area contributed by atoms with E-state index >= 15 is 0 Å². The van der Waals surface area contributed by atoms with Gasteiger partial charge in [0, 0.05) is 12.1 Å². The van der Waals surface area contributed by atoms with Crippen molar-refractivity contribution in [2.45, 2.75) is 78.4 Å². The maximum Gasteiger partial charge on any atom is 0.318 e. The molecule has 2 atom stereocenters. The predicted octanol–water partition coefficient (Wildman–Crippen LogP) is 2.85. The van der Waals surface area contributed by atoms with Crippen LogP contribution in [0.2, 0.25) is 0 Å². The highest BCUT2D eigenvalue weighted by atomic mass is 16.4. The van der Waals surface area contributed by atoms with Crippen LogP contribution in [0.3, 0.4) is 0 Å². The van der Waals surface area contributed by atoms with Crippen LogP contribution in [0.25, 0.3) is 0 Å². The van der Waals surface area contributed by atoms with Crippen molar-refractivity contribution in [1.82, 2.24) is 10.2 Å². The van der Waals surface area contributed by atoms with Crippen LogP contribution in [-0.2, 0) is 4.79 Å². The Kier molecular flexibility index (Phi) is 4.72. The van der Waals surface area contributed by atoms with E-state index in [2.05, 4.69) is 5.32 Å². The van der Waals surface area contributed by atoms with E-state index in [0.717, 1.165) is 19.3 Å². The molecule has 0 unspecified atom stereocenters. The van der Waals surface area contributed by atoms with E-state index in [4.69, 9.17) is 0 Å². The number of likely N-dealkylation sites (tertiary alicyclic amines) is 1. The smallest absolute Gasteiger partial charge is 0.318 e. The molecule has 0 spiro atoms. The second-order valence-corrected chi connectivity index (χ2v) is 7.02. The van der Waals surface area contributed by atoms with Crippen molar-refractivity contribution < 1.29 is 14.7 Å². The molecule has 1 saturated heterocycles. The molecule has 1 aliphatic heterocycles. The molecule has 2 N–H and O–H groups in total. The topological polar surface area (TPSA) is 69.6 Å². The van der Waals surface area contributed by atoms with Gasteiger partial charge in [0.2, 0.25) is 0 Å². The molecule has 0 aliphatic carbocycles. The third-order valence-corrected chi connectivity index (χ3v) is 4.94. The molecule has 0 saturated carbocycles. The van der Waals surface area contributed by atoms with Crippen LogP contribution in [0.15, 0.2) is 0 Å². The van der Waals surface area contributed by atoms with Crippen LogP contribution in [-0.4, -0.2) is 39.6 Å². The molecule has 0 aromatic carbocycles. The predicted molar refractivity (Wildman–Crippen MR) is 78.6 cm³/mol. The van der Waals surface area contributed by atoms with Crippen molar-refractivity contribution in [2.24, 2.45) is 5.41 Å². The summed E-state index contributed by atoms with van der Waals surface area (Å²) >= 11 is 0. The van der Waals surface area contributed by atoms with E-state index in [1.165, 1.54) is 0 Å². The minimum Gasteiger partial charge on any atom is -0.481 e. The Morgan fingerprint density at radius 1 is 1.10 bits per heavy atom. The number of amides is 2. The van der Waals surface area contributed by atoms with Crippen LogP contribution in [0.4, 0.5) is 4.79 Å². The van der Waals surface area contributed by atoms with Gasteiger partial charge in [-0.3, -0.25) is 4.79 Å². The summed E-state index contributed by atoms with van der Waals surface area (Å²) in [5.74, 6) is -0.914. The van der Waals surface area contributed by atoms with E-state index in [1.807, 2.05) is 18.7 Å². The molecule has 0 aromatic rings. The summed E-state index contributed by atoms with van der Waals surface area (Å²) in [5.41, 5.74) is -1.86. The van der Waals surface area contributed by atoms with E-state index in [9.17, 15) is 14.7 Å². The lowest BCUT2D eigenvalue weighted by molar-refractivity contribution is -0.150. The quantitative estimate of drug-likeness (QED) is 0.837. The van der Waals surface area contributed by atoms with Gasteiger partial charge in [-0.15, -0.1) is 0 Å². The van der Waals surface area contributed by atoms with Crippen molar-refractivity contribution >= 4 is 12.0 Å². The van der Waals surface area contributed by atoms with E-state index in [-0.39, 0.29) is 18.1 Å². The number of nitrogens with one attached hydrogen (secondary N) is 1. The molecule has 116 valence electrons. The summed E-state index contributed by atoms with van der Waals surface area (Å²) in [6.45, 7) is 10.9. The number of nitrogens with zero attached hydrogens (tertiary/aromatic N) is 1. The molecule has 5 heteroatoms. The molecule has 0 bridgehead atoms. The molecule has 0 aromatic heterocycles. The summed E-state index contributed by atoms with van der Waals surface area (Å²) in [6.07, 6.45) is 3.14. The van der Waals surface area contributed by atoms with Gasteiger partial charge < -0.3 is 15.3 Å². The second kappa shape index (κ2) is 5.62. The van der Waals surface area contributed by atoms with E-state index in [0.29, 0.717) is 0 Å². The van der Waals surface area contributed by atoms with Gasteiger partial charge in [-0.1, -0.05) is 0 Å². The Labute approximate surface area is 121 Å². The number of carbonyl (C=O) groups excluding carboxylic acids is 1. The number of aliphatic carboxylic acids is 1. The number of carboxylic acid groups (broad SMARTS) is 1. The Morgan fingerprint density at radius 3 is 1.95 bits per heavy atom. The van der Waals surface area contributed by atoms with Gasteiger partial charge in [0.25, 0.3) is 0 Å². The van der Waals surface area contributed by atoms with Gasteiger partial charge in [-0.2, -0.15) is 0 Å². The van der Waals surface area contributed by atoms with E-state index < -0.39 is 16.9 Å². The van der Waals surface area contributed by atoms with Crippen molar-refractivity contribution in [3.63, 3.8) is 0 Å². The average molecular weight is 284 g/mol. The maximum atomic E-state index is 12.5. The highest BCUT2D eigenvalue weighted by Gasteiger charge is 2.45. The molecule has 1 heterocycles. The largest absolute Gasteiger partial charge is 0.481 e. The number of carbonyl (C=O) groups is 2. The normalized spacial score (nSPS) is 24.4. The molecule has 2 amide bonds. The van der Waals surface area contributed by atoms with Gasteiger partial charge in [0.15, 0.2) is 0 Å². The van der Waals surface area contributed by atoms with Gasteiger partial charge in [0.05, 0.1) is 11.0 Å². The molecule has 1 aliphatic rings. The first kappa shape index (κ1) is 16.8. The number of hydrogen-bond donors (Lipinski definition) is 2. The van der Waals surface area contributed by atoms with Crippen LogP contribution < -0.4 is 5.32 Å². The number of urea groups is 1. The van der Waals surface area contributed by atoms with Crippen LogP contribution >= 0.6 is 0 Å². The Bertz CT molecular complexity index is 381. The summed E-state index contributed by atoms with van der Waals surface area (Å²) in [6, 6.07) is 0.231. The lowest BCUT2D eigenvalue weighted by Gasteiger charge is -2.44. The summed E-state index contributed by atoms with van der Waals surface area (Å²) in [7, 11) is 0. The zero-order chi connectivity index (χ0) is 15.7. The van der Waals surface area contributed by atoms with Gasteiger partial charge in [-0.05, 0) is 60.8 Å². The molecular formula is C15H28N2O3. The third-order valence-electron chi connectivity index (χ3n) is 4.94. The Hall–Kier alpha value is -1.26. The molecule has 1 fully saturated rings. The fourth-order valence-electron chi connectivity index (χ4n) is 2.58. The number of piperidine rings is 1. The zero-order valence-electron chi connectivity index (χ0n) is 13.5. The first-order chi connectivity index (χ1) is 9.00. The average Bonchev–Trinajstić information content (AvgIpc) is 2.27. The number of carboxylic acids is 1. The van der Waals surface area contributed by atoms with Gasteiger partial charge >= 0.3 is 12.0 Å². The number of rotatable bonds is 3. The maximum absolute atomic E-state index is 12.5. The lowest BCUT2D eigenvalue weighted by Crippen LogP contribution is -2.62. The first-order valence-electron chi connectivity index (χ1n) is 7.34. The summed E-state index contributed by atoms with van der Waals surface area (Å²) < 4.78 is 0. The van der Waals surface area contributed by atoms with E-state index in [1.54, 1.807) is 27.7 Å². The highest BCUT2D eigenvalue weighted by Crippen LogP contribution is 2.32. The molecule has 5 nitrogen and oxygen atoms in total. The minimum absolute atomic E-state index is 0.163. The lowest BCUT2D eigenvalue weighted by atomic mass is 9.74. The summed E-state index contributed by atoms with van der Waals surface area (Å²) in [4.78, 5) is 25.8. The minimum atomic E-state index is -1.04. The van der Waals surface area contributed by atoms with Crippen LogP contribution in [0, 0.1) is 5.41 Å². The van der Waals surface area contributed by atoms with Crippen molar-refractivity contribution in [1.29, 1.82) is 0 Å². The van der Waals surface area contributed by atoms with Gasteiger partial charge in [0.1, 0.15) is 0 Å². The zero-order valence-corrected chi connectivity index (χ0v) is 13.5. The molecule has 0 radical (unpaired) electrons. The highest BCUT2D eigenvalue weighted by molar-refractivity contribution is 5.80. The Morgan fingerprint density at radius 2 is 1.55 bits per heavy atom. The molecular weight excluding hydrogens is 256 g/mol. The van der Waals surface area contributed by atoms with Crippen molar-refractivity contribution in [3.8, 4) is 0 Å². The molecule has 20 heavy (non-hydrogen) atoms.